The fourth-order valence-corrected chi connectivity index (χ4v) is 2.89. The first kappa shape index (κ1) is 21.1. The van der Waals surface area contributed by atoms with Gasteiger partial charge in [-0.1, -0.05) is 19.9 Å². The summed E-state index contributed by atoms with van der Waals surface area (Å²) in [6, 6.07) is 3.50. The Morgan fingerprint density at radius 1 is 1.36 bits per heavy atom. The minimum Gasteiger partial charge on any atom is -0.480 e. The van der Waals surface area contributed by atoms with E-state index in [1.165, 1.54) is 6.07 Å². The van der Waals surface area contributed by atoms with Gasteiger partial charge in [0.15, 0.2) is 5.78 Å². The number of nitrogens with two attached hydrogens (primary N) is 1. The molecule has 0 fully saturated rings. The van der Waals surface area contributed by atoms with Crippen LogP contribution in [0, 0.1) is 23.0 Å². The van der Waals surface area contributed by atoms with E-state index in [1.807, 2.05) is 0 Å². The van der Waals surface area contributed by atoms with Crippen molar-refractivity contribution in [2.45, 2.75) is 50.7 Å². The third kappa shape index (κ3) is 6.45. The molecule has 0 aromatic heterocycles. The van der Waals surface area contributed by atoms with E-state index in [1.54, 1.807) is 32.9 Å². The number of benzene rings is 1. The minimum atomic E-state index is -1.15. The number of carboxylic acid groups (broad SMARTS) is 1. The van der Waals surface area contributed by atoms with Crippen LogP contribution in [0.4, 0.5) is 5.69 Å². The molecule has 25 heavy (non-hydrogen) atoms. The highest BCUT2D eigenvalue weighted by molar-refractivity contribution is 7.94. The van der Waals surface area contributed by atoms with Gasteiger partial charge in [-0.15, -0.1) is 0 Å². The van der Waals surface area contributed by atoms with Crippen molar-refractivity contribution >= 4 is 29.5 Å². The zero-order valence-electron chi connectivity index (χ0n) is 14.3. The Hall–Kier alpha value is -1.97. The van der Waals surface area contributed by atoms with Crippen molar-refractivity contribution in [3.8, 4) is 0 Å². The van der Waals surface area contributed by atoms with E-state index >= 15 is 0 Å². The SMILES string of the molecule is Cc1ccc([N+](=O)[O-])c(SOC(CCC(N)C(=O)O)C(=O)C(C)C)c1. The maximum Gasteiger partial charge on any atom is 0.320 e. The zero-order chi connectivity index (χ0) is 19.1. The van der Waals surface area contributed by atoms with Crippen LogP contribution in [0.15, 0.2) is 23.1 Å². The summed E-state index contributed by atoms with van der Waals surface area (Å²) in [5.74, 6) is -1.68. The Morgan fingerprint density at radius 3 is 2.52 bits per heavy atom. The van der Waals surface area contributed by atoms with Crippen molar-refractivity contribution in [1.29, 1.82) is 0 Å². The summed E-state index contributed by atoms with van der Waals surface area (Å²) in [6.45, 7) is 5.20. The van der Waals surface area contributed by atoms with Gasteiger partial charge < -0.3 is 10.8 Å². The molecule has 0 saturated carbocycles. The number of rotatable bonds is 10. The van der Waals surface area contributed by atoms with Crippen LogP contribution < -0.4 is 5.73 Å². The molecule has 2 unspecified atom stereocenters. The summed E-state index contributed by atoms with van der Waals surface area (Å²) < 4.78 is 5.54. The van der Waals surface area contributed by atoms with E-state index in [0.29, 0.717) is 0 Å². The highest BCUT2D eigenvalue weighted by Crippen LogP contribution is 2.32. The van der Waals surface area contributed by atoms with Gasteiger partial charge in [-0.05, 0) is 31.4 Å². The first-order valence-corrected chi connectivity index (χ1v) is 8.48. The van der Waals surface area contributed by atoms with Crippen molar-refractivity contribution in [2.75, 3.05) is 0 Å². The highest BCUT2D eigenvalue weighted by atomic mass is 32.2. The highest BCUT2D eigenvalue weighted by Gasteiger charge is 2.26. The van der Waals surface area contributed by atoms with Crippen LogP contribution in [0.5, 0.6) is 0 Å². The Kier molecular flexibility index (Phi) is 8.01. The molecule has 0 aliphatic heterocycles. The number of aliphatic carboxylic acids is 1. The lowest BCUT2D eigenvalue weighted by molar-refractivity contribution is -0.387. The normalized spacial score (nSPS) is 13.5. The van der Waals surface area contributed by atoms with Crippen molar-refractivity contribution < 1.29 is 23.8 Å². The number of aryl methyl sites for hydroxylation is 1. The average molecular weight is 370 g/mol. The number of nitrogens with zero attached hydrogens (tertiary/aromatic N) is 1. The molecule has 0 saturated heterocycles. The molecule has 8 nitrogen and oxygen atoms in total. The number of carbonyl (C=O) groups is 2. The Labute approximate surface area is 150 Å². The van der Waals surface area contributed by atoms with Crippen LogP contribution in [-0.4, -0.2) is 33.9 Å². The molecule has 0 aliphatic carbocycles. The zero-order valence-corrected chi connectivity index (χ0v) is 15.1. The summed E-state index contributed by atoms with van der Waals surface area (Å²) in [4.78, 5) is 34.0. The Bertz CT molecular complexity index is 650. The van der Waals surface area contributed by atoms with E-state index in [9.17, 15) is 19.7 Å². The number of carbonyl (C=O) groups excluding carboxylic acids is 1. The monoisotopic (exact) mass is 370 g/mol. The molecule has 1 aromatic carbocycles. The third-order valence-electron chi connectivity index (χ3n) is 3.51. The number of ketones is 1. The van der Waals surface area contributed by atoms with Crippen LogP contribution in [0.1, 0.15) is 32.3 Å². The van der Waals surface area contributed by atoms with Crippen molar-refractivity contribution in [2.24, 2.45) is 11.7 Å². The molecular formula is C16H22N2O6S. The lowest BCUT2D eigenvalue weighted by Crippen LogP contribution is -2.34. The number of Topliss-reactive ketones (excluding diaryl/α,β-unsaturated/α-hetero) is 1. The van der Waals surface area contributed by atoms with E-state index in [0.717, 1.165) is 17.6 Å². The second-order valence-corrected chi connectivity index (χ2v) is 6.77. The Balaban J connectivity index is 2.88. The van der Waals surface area contributed by atoms with E-state index in [-0.39, 0.29) is 35.1 Å². The molecular weight excluding hydrogens is 348 g/mol. The first-order valence-electron chi connectivity index (χ1n) is 7.74. The van der Waals surface area contributed by atoms with E-state index < -0.39 is 23.0 Å². The predicted octanol–water partition coefficient (Wildman–Crippen LogP) is 2.71. The minimum absolute atomic E-state index is 0.0644. The summed E-state index contributed by atoms with van der Waals surface area (Å²) in [5, 5.41) is 19.9. The second-order valence-electron chi connectivity index (χ2n) is 5.98. The molecule has 1 aromatic rings. The summed E-state index contributed by atoms with van der Waals surface area (Å²) in [6.07, 6.45) is -0.707. The molecule has 0 heterocycles. The smallest absolute Gasteiger partial charge is 0.320 e. The van der Waals surface area contributed by atoms with Gasteiger partial charge >= 0.3 is 5.97 Å². The lowest BCUT2D eigenvalue weighted by atomic mass is 9.99. The van der Waals surface area contributed by atoms with Gasteiger partial charge in [0, 0.05) is 24.0 Å². The summed E-state index contributed by atoms with van der Waals surface area (Å²) in [7, 11) is 0. The number of hydrogen-bond donors (Lipinski definition) is 2. The molecule has 0 bridgehead atoms. The van der Waals surface area contributed by atoms with Gasteiger partial charge in [0.05, 0.1) is 4.92 Å². The van der Waals surface area contributed by atoms with Gasteiger partial charge in [0.25, 0.3) is 5.69 Å². The molecule has 3 N–H and O–H groups in total. The van der Waals surface area contributed by atoms with Crippen molar-refractivity contribution in [3.63, 3.8) is 0 Å². The van der Waals surface area contributed by atoms with Crippen LogP contribution in [-0.2, 0) is 13.8 Å². The fourth-order valence-electron chi connectivity index (χ4n) is 2.01. The number of nitro groups is 1. The third-order valence-corrected chi connectivity index (χ3v) is 4.34. The van der Waals surface area contributed by atoms with Crippen LogP contribution in [0.2, 0.25) is 0 Å². The molecule has 0 aliphatic rings. The maximum absolute atomic E-state index is 12.3. The number of hydrogen-bond acceptors (Lipinski definition) is 7. The van der Waals surface area contributed by atoms with Gasteiger partial charge in [-0.3, -0.25) is 23.9 Å². The standard InChI is InChI=1S/C16H22N2O6S/c1-9(2)15(19)13(7-5-11(17)16(20)21)24-25-14-8-10(3)4-6-12(14)18(22)23/h4,6,8-9,11,13H,5,7,17H2,1-3H3,(H,20,21). The molecule has 138 valence electrons. The van der Waals surface area contributed by atoms with E-state index in [4.69, 9.17) is 15.0 Å². The molecule has 2 atom stereocenters. The number of carboxylic acids is 1. The van der Waals surface area contributed by atoms with Gasteiger partial charge in [0.1, 0.15) is 17.0 Å². The summed E-state index contributed by atoms with van der Waals surface area (Å²) >= 11 is 0.753. The van der Waals surface area contributed by atoms with Crippen LogP contribution in [0.25, 0.3) is 0 Å². The van der Waals surface area contributed by atoms with Gasteiger partial charge in [-0.2, -0.15) is 0 Å². The topological polar surface area (TPSA) is 133 Å². The van der Waals surface area contributed by atoms with Crippen molar-refractivity contribution in [3.05, 3.63) is 33.9 Å². The maximum atomic E-state index is 12.3. The molecule has 0 radical (unpaired) electrons. The molecule has 1 rings (SSSR count). The molecule has 0 amide bonds. The predicted molar refractivity (Wildman–Crippen MR) is 93.3 cm³/mol. The lowest BCUT2D eigenvalue weighted by Gasteiger charge is -2.18. The average Bonchev–Trinajstić information content (AvgIpc) is 2.53. The summed E-state index contributed by atoms with van der Waals surface area (Å²) in [5.41, 5.74) is 6.17. The number of nitro benzene ring substituents is 1. The van der Waals surface area contributed by atoms with Crippen LogP contribution >= 0.6 is 12.0 Å². The first-order chi connectivity index (χ1) is 11.6. The molecule has 0 spiro atoms. The molecule has 9 heteroatoms. The van der Waals surface area contributed by atoms with Gasteiger partial charge in [-0.25, -0.2) is 0 Å². The largest absolute Gasteiger partial charge is 0.480 e. The second kappa shape index (κ2) is 9.50. The van der Waals surface area contributed by atoms with Crippen LogP contribution in [0.3, 0.4) is 0 Å². The quantitative estimate of drug-likeness (QED) is 0.365. The van der Waals surface area contributed by atoms with E-state index in [2.05, 4.69) is 0 Å². The Morgan fingerprint density at radius 2 is 2.00 bits per heavy atom. The van der Waals surface area contributed by atoms with Crippen molar-refractivity contribution in [1.82, 2.24) is 0 Å². The van der Waals surface area contributed by atoms with Gasteiger partial charge in [0.2, 0.25) is 0 Å². The fraction of sp³-hybridized carbons (Fsp3) is 0.500.